The number of likely N-dealkylation sites (N-methyl/N-ethyl adjacent to an activating group) is 1. The highest BCUT2D eigenvalue weighted by atomic mass is 16.5. The highest BCUT2D eigenvalue weighted by Gasteiger charge is 2.12. The van der Waals surface area contributed by atoms with Gasteiger partial charge in [-0.1, -0.05) is 0 Å². The van der Waals surface area contributed by atoms with Crippen molar-refractivity contribution in [3.05, 3.63) is 18.1 Å². The molecule has 1 aromatic rings. The maximum Gasteiger partial charge on any atom is 0.132 e. The Morgan fingerprint density at radius 2 is 2.25 bits per heavy atom. The maximum absolute atomic E-state index is 5.32. The van der Waals surface area contributed by atoms with Gasteiger partial charge in [0.2, 0.25) is 0 Å². The van der Waals surface area contributed by atoms with Crippen molar-refractivity contribution in [1.82, 2.24) is 15.3 Å². The molecule has 1 aliphatic heterocycles. The smallest absolute Gasteiger partial charge is 0.132 e. The van der Waals surface area contributed by atoms with E-state index in [0.29, 0.717) is 0 Å². The molecule has 1 aromatic heterocycles. The van der Waals surface area contributed by atoms with Crippen LogP contribution in [0.4, 0.5) is 5.82 Å². The number of nitrogens with zero attached hydrogens (tertiary/aromatic N) is 3. The molecule has 1 fully saturated rings. The molecule has 0 amide bonds. The summed E-state index contributed by atoms with van der Waals surface area (Å²) in [5.41, 5.74) is 0. The zero-order valence-corrected chi connectivity index (χ0v) is 9.65. The summed E-state index contributed by atoms with van der Waals surface area (Å²) in [5.74, 6) is 1.92. The molecule has 0 spiro atoms. The van der Waals surface area contributed by atoms with Crippen LogP contribution in [-0.4, -0.2) is 49.9 Å². The van der Waals surface area contributed by atoms with Crippen molar-refractivity contribution in [2.24, 2.45) is 0 Å². The van der Waals surface area contributed by atoms with Crippen LogP contribution in [0.15, 0.2) is 12.3 Å². The summed E-state index contributed by atoms with van der Waals surface area (Å²) in [6, 6.07) is 1.97. The first-order chi connectivity index (χ1) is 7.90. The van der Waals surface area contributed by atoms with Crippen molar-refractivity contribution in [3.63, 3.8) is 0 Å². The van der Waals surface area contributed by atoms with Crippen molar-refractivity contribution < 1.29 is 4.74 Å². The fourth-order valence-corrected chi connectivity index (χ4v) is 1.71. The van der Waals surface area contributed by atoms with Crippen LogP contribution in [-0.2, 0) is 11.2 Å². The number of morpholine rings is 1. The lowest BCUT2D eigenvalue weighted by Gasteiger charge is -2.27. The number of rotatable bonds is 4. The predicted octanol–water partition coefficient (Wildman–Crippen LogP) is 0.0751. The summed E-state index contributed by atoms with van der Waals surface area (Å²) in [7, 11) is 1.94. The highest BCUT2D eigenvalue weighted by molar-refractivity contribution is 5.37. The Labute approximate surface area is 95.8 Å². The van der Waals surface area contributed by atoms with E-state index >= 15 is 0 Å². The summed E-state index contributed by atoms with van der Waals surface area (Å²) in [5, 5.41) is 3.10. The fraction of sp³-hybridized carbons (Fsp3) is 0.636. The summed E-state index contributed by atoms with van der Waals surface area (Å²) in [4.78, 5) is 11.1. The van der Waals surface area contributed by atoms with Crippen molar-refractivity contribution >= 4 is 5.82 Å². The van der Waals surface area contributed by atoms with E-state index in [-0.39, 0.29) is 0 Å². The first kappa shape index (κ1) is 11.3. The Kier molecular flexibility index (Phi) is 4.07. The molecule has 0 bridgehead atoms. The minimum atomic E-state index is 0.788. The number of nitrogens with one attached hydrogen (secondary N) is 1. The second-order valence-corrected chi connectivity index (χ2v) is 3.78. The summed E-state index contributed by atoms with van der Waals surface area (Å²) >= 11 is 0. The third-order valence-corrected chi connectivity index (χ3v) is 2.62. The van der Waals surface area contributed by atoms with Gasteiger partial charge in [-0.05, 0) is 13.1 Å². The molecule has 2 heterocycles. The summed E-state index contributed by atoms with van der Waals surface area (Å²) in [6.07, 6.45) is 2.71. The SMILES string of the molecule is CNCCc1nccc(N2CCOCC2)n1. The molecule has 1 N–H and O–H groups in total. The van der Waals surface area contributed by atoms with Gasteiger partial charge in [-0.15, -0.1) is 0 Å². The van der Waals surface area contributed by atoms with E-state index in [2.05, 4.69) is 20.2 Å². The van der Waals surface area contributed by atoms with Crippen molar-refractivity contribution in [3.8, 4) is 0 Å². The lowest BCUT2D eigenvalue weighted by Crippen LogP contribution is -2.36. The number of ether oxygens (including phenoxy) is 1. The van der Waals surface area contributed by atoms with Gasteiger partial charge in [0.25, 0.3) is 0 Å². The third-order valence-electron chi connectivity index (χ3n) is 2.62. The molecule has 5 nitrogen and oxygen atoms in total. The average molecular weight is 222 g/mol. The molecule has 16 heavy (non-hydrogen) atoms. The molecule has 88 valence electrons. The molecule has 0 unspecified atom stereocenters. The number of aromatic nitrogens is 2. The van der Waals surface area contributed by atoms with Crippen molar-refractivity contribution in [1.29, 1.82) is 0 Å². The molecule has 0 saturated carbocycles. The summed E-state index contributed by atoms with van der Waals surface area (Å²) < 4.78 is 5.32. The van der Waals surface area contributed by atoms with Crippen LogP contribution in [0.25, 0.3) is 0 Å². The van der Waals surface area contributed by atoms with Gasteiger partial charge < -0.3 is 15.0 Å². The standard InChI is InChI=1S/C11H18N4O/c1-12-4-2-10-13-5-3-11(14-10)15-6-8-16-9-7-15/h3,5,12H,2,4,6-9H2,1H3. The Bertz CT molecular complexity index is 326. The molecular weight excluding hydrogens is 204 g/mol. The fourth-order valence-electron chi connectivity index (χ4n) is 1.71. The zero-order valence-electron chi connectivity index (χ0n) is 9.65. The lowest BCUT2D eigenvalue weighted by atomic mass is 10.3. The lowest BCUT2D eigenvalue weighted by molar-refractivity contribution is 0.122. The Hall–Kier alpha value is -1.20. The molecule has 5 heteroatoms. The molecule has 0 aromatic carbocycles. The van der Waals surface area contributed by atoms with Gasteiger partial charge in [-0.2, -0.15) is 0 Å². The largest absolute Gasteiger partial charge is 0.378 e. The molecule has 0 atom stereocenters. The van der Waals surface area contributed by atoms with E-state index < -0.39 is 0 Å². The van der Waals surface area contributed by atoms with E-state index in [1.54, 1.807) is 0 Å². The number of hydrogen-bond donors (Lipinski definition) is 1. The Morgan fingerprint density at radius 1 is 1.44 bits per heavy atom. The van der Waals surface area contributed by atoms with Gasteiger partial charge in [0.1, 0.15) is 11.6 Å². The van der Waals surface area contributed by atoms with Crippen LogP contribution >= 0.6 is 0 Å². The maximum atomic E-state index is 5.32. The normalized spacial score (nSPS) is 16.4. The molecule has 1 aliphatic rings. The van der Waals surface area contributed by atoms with Gasteiger partial charge >= 0.3 is 0 Å². The van der Waals surface area contributed by atoms with Gasteiger partial charge in [-0.3, -0.25) is 0 Å². The first-order valence-corrected chi connectivity index (χ1v) is 5.69. The molecule has 1 saturated heterocycles. The van der Waals surface area contributed by atoms with Gasteiger partial charge in [0, 0.05) is 32.3 Å². The number of anilines is 1. The summed E-state index contributed by atoms with van der Waals surface area (Å²) in [6.45, 7) is 4.32. The second-order valence-electron chi connectivity index (χ2n) is 3.78. The van der Waals surface area contributed by atoms with E-state index in [1.165, 1.54) is 0 Å². The zero-order chi connectivity index (χ0) is 11.2. The quantitative estimate of drug-likeness (QED) is 0.781. The highest BCUT2D eigenvalue weighted by Crippen LogP contribution is 2.11. The van der Waals surface area contributed by atoms with Crippen LogP contribution < -0.4 is 10.2 Å². The van der Waals surface area contributed by atoms with Crippen molar-refractivity contribution in [2.45, 2.75) is 6.42 Å². The van der Waals surface area contributed by atoms with E-state index in [4.69, 9.17) is 4.74 Å². The van der Waals surface area contributed by atoms with Crippen molar-refractivity contribution in [2.75, 3.05) is 44.8 Å². The van der Waals surface area contributed by atoms with Crippen LogP contribution in [0.3, 0.4) is 0 Å². The van der Waals surface area contributed by atoms with Gasteiger partial charge in [0.05, 0.1) is 13.2 Å². The van der Waals surface area contributed by atoms with Crippen LogP contribution in [0.2, 0.25) is 0 Å². The predicted molar refractivity (Wildman–Crippen MR) is 62.7 cm³/mol. The Morgan fingerprint density at radius 3 is 3.00 bits per heavy atom. The monoisotopic (exact) mass is 222 g/mol. The molecule has 0 radical (unpaired) electrons. The molecule has 2 rings (SSSR count). The first-order valence-electron chi connectivity index (χ1n) is 5.69. The minimum Gasteiger partial charge on any atom is -0.378 e. The number of hydrogen-bond acceptors (Lipinski definition) is 5. The van der Waals surface area contributed by atoms with Gasteiger partial charge in [-0.25, -0.2) is 9.97 Å². The van der Waals surface area contributed by atoms with Gasteiger partial charge in [0.15, 0.2) is 0 Å². The Balaban J connectivity index is 2.02. The van der Waals surface area contributed by atoms with Crippen LogP contribution in [0.5, 0.6) is 0 Å². The third kappa shape index (κ3) is 2.90. The minimum absolute atomic E-state index is 0.788. The molecular formula is C11H18N4O. The van der Waals surface area contributed by atoms with Crippen LogP contribution in [0.1, 0.15) is 5.82 Å². The second kappa shape index (κ2) is 5.77. The average Bonchev–Trinajstić information content (AvgIpc) is 2.38. The van der Waals surface area contributed by atoms with Crippen LogP contribution in [0, 0.1) is 0 Å². The van der Waals surface area contributed by atoms with E-state index in [9.17, 15) is 0 Å². The molecule has 0 aliphatic carbocycles. The van der Waals surface area contributed by atoms with E-state index in [0.717, 1.165) is 50.9 Å². The van der Waals surface area contributed by atoms with E-state index in [1.807, 2.05) is 19.3 Å². The topological polar surface area (TPSA) is 50.3 Å².